The van der Waals surface area contributed by atoms with Gasteiger partial charge in [0.15, 0.2) is 0 Å². The normalized spacial score (nSPS) is 11.6. The topological polar surface area (TPSA) is 127 Å². The lowest BCUT2D eigenvalue weighted by atomic mass is 10.1. The van der Waals surface area contributed by atoms with Crippen molar-refractivity contribution in [2.75, 3.05) is 24.1 Å². The van der Waals surface area contributed by atoms with Crippen LogP contribution in [0.25, 0.3) is 0 Å². The zero-order valence-electron chi connectivity index (χ0n) is 18.3. The first kappa shape index (κ1) is 23.9. The maximum Gasteiger partial charge on any atom is 0.244 e. The van der Waals surface area contributed by atoms with E-state index in [9.17, 15) is 8.42 Å². The van der Waals surface area contributed by atoms with Crippen LogP contribution < -0.4 is 11.1 Å². The summed E-state index contributed by atoms with van der Waals surface area (Å²) in [6.07, 6.45) is 2.25. The number of anilines is 3. The fraction of sp³-hybridized carbons (Fsp3) is 0.333. The van der Waals surface area contributed by atoms with Gasteiger partial charge in [0.05, 0.1) is 10.8 Å². The van der Waals surface area contributed by atoms with Crippen LogP contribution in [0.4, 0.5) is 17.6 Å². The predicted octanol–water partition coefficient (Wildman–Crippen LogP) is 3.48. The molecule has 0 fully saturated rings. The van der Waals surface area contributed by atoms with Gasteiger partial charge < -0.3 is 11.1 Å². The minimum absolute atomic E-state index is 0.126. The fourth-order valence-electron chi connectivity index (χ4n) is 3.09. The number of nitrogens with zero attached hydrogens (tertiary/aromatic N) is 5. The Labute approximate surface area is 193 Å². The highest BCUT2D eigenvalue weighted by Gasteiger charge is 2.21. The number of thioether (sulfide) groups is 1. The van der Waals surface area contributed by atoms with Crippen molar-refractivity contribution in [3.8, 4) is 0 Å². The molecule has 3 aromatic rings. The quantitative estimate of drug-likeness (QED) is 0.425. The summed E-state index contributed by atoms with van der Waals surface area (Å²) in [7, 11) is -3.53. The van der Waals surface area contributed by atoms with Crippen molar-refractivity contribution in [3.05, 3.63) is 54.0 Å². The molecule has 0 unspecified atom stereocenters. The largest absolute Gasteiger partial charge is 0.368 e. The van der Waals surface area contributed by atoms with E-state index in [4.69, 9.17) is 5.73 Å². The van der Waals surface area contributed by atoms with E-state index in [2.05, 4.69) is 32.2 Å². The Balaban J connectivity index is 1.71. The van der Waals surface area contributed by atoms with Crippen LogP contribution in [0.3, 0.4) is 0 Å². The first-order valence-electron chi connectivity index (χ1n) is 10.3. The Hall–Kier alpha value is -2.76. The van der Waals surface area contributed by atoms with Crippen molar-refractivity contribution in [1.82, 2.24) is 24.2 Å². The SMILES string of the molecule is CCc1ccccc1Nc1nc(N)nc(CSc2ccc(S(=O)(=O)N(CC)CC)cn2)n1. The second-order valence-electron chi connectivity index (χ2n) is 6.78. The summed E-state index contributed by atoms with van der Waals surface area (Å²) < 4.78 is 26.6. The molecule has 0 spiro atoms. The van der Waals surface area contributed by atoms with Crippen LogP contribution >= 0.6 is 11.8 Å². The highest BCUT2D eigenvalue weighted by Crippen LogP contribution is 2.24. The summed E-state index contributed by atoms with van der Waals surface area (Å²) in [6, 6.07) is 11.2. The van der Waals surface area contributed by atoms with Gasteiger partial charge in [0, 0.05) is 25.0 Å². The lowest BCUT2D eigenvalue weighted by Gasteiger charge is -2.18. The number of nitrogens with two attached hydrogens (primary N) is 1. The van der Waals surface area contributed by atoms with Crippen LogP contribution in [0.15, 0.2) is 52.5 Å². The second-order valence-corrected chi connectivity index (χ2v) is 9.71. The number of sulfonamides is 1. The Kier molecular flexibility index (Phi) is 7.99. The Morgan fingerprint density at radius 1 is 1.03 bits per heavy atom. The third-order valence-corrected chi connectivity index (χ3v) is 7.72. The smallest absolute Gasteiger partial charge is 0.244 e. The second kappa shape index (κ2) is 10.7. The maximum absolute atomic E-state index is 12.6. The summed E-state index contributed by atoms with van der Waals surface area (Å²) in [6.45, 7) is 6.52. The molecule has 0 saturated heterocycles. The van der Waals surface area contributed by atoms with Gasteiger partial charge in [0.1, 0.15) is 10.7 Å². The molecule has 3 N–H and O–H groups in total. The predicted molar refractivity (Wildman–Crippen MR) is 127 cm³/mol. The average molecular weight is 474 g/mol. The van der Waals surface area contributed by atoms with Crippen molar-refractivity contribution >= 4 is 39.4 Å². The third kappa shape index (κ3) is 5.72. The van der Waals surface area contributed by atoms with Gasteiger partial charge in [0.25, 0.3) is 0 Å². The molecule has 0 aliphatic carbocycles. The number of nitrogen functional groups attached to an aromatic ring is 1. The standard InChI is InChI=1S/C21H27N7O2S2/c1-4-15-9-7-8-10-17(15)24-21-26-18(25-20(22)27-21)14-31-19-12-11-16(13-23-19)32(29,30)28(5-2)6-3/h7-13H,4-6,14H2,1-3H3,(H3,22,24,25,26,27). The molecule has 3 rings (SSSR count). The Morgan fingerprint density at radius 3 is 2.44 bits per heavy atom. The van der Waals surface area contributed by atoms with Crippen LogP contribution in [0, 0.1) is 0 Å². The summed E-state index contributed by atoms with van der Waals surface area (Å²) >= 11 is 1.39. The molecule has 170 valence electrons. The molecule has 0 amide bonds. The monoisotopic (exact) mass is 473 g/mol. The van der Waals surface area contributed by atoms with Crippen LogP contribution in [-0.4, -0.2) is 45.7 Å². The van der Waals surface area contributed by atoms with Crippen LogP contribution in [-0.2, 0) is 22.2 Å². The van der Waals surface area contributed by atoms with Gasteiger partial charge in [-0.15, -0.1) is 0 Å². The van der Waals surface area contributed by atoms with Gasteiger partial charge in [-0.05, 0) is 30.2 Å². The molecule has 0 atom stereocenters. The van der Waals surface area contributed by atoms with E-state index < -0.39 is 10.0 Å². The fourth-order valence-corrected chi connectivity index (χ4v) is 5.19. The number of aryl methyl sites for hydroxylation is 1. The number of benzene rings is 1. The molecule has 1 aromatic carbocycles. The number of aromatic nitrogens is 4. The van der Waals surface area contributed by atoms with E-state index in [1.807, 2.05) is 38.1 Å². The zero-order chi connectivity index (χ0) is 23.1. The minimum atomic E-state index is -3.53. The van der Waals surface area contributed by atoms with Gasteiger partial charge in [-0.25, -0.2) is 13.4 Å². The first-order valence-corrected chi connectivity index (χ1v) is 12.7. The highest BCUT2D eigenvalue weighted by molar-refractivity contribution is 7.98. The maximum atomic E-state index is 12.6. The van der Waals surface area contributed by atoms with E-state index in [0.717, 1.165) is 17.7 Å². The van der Waals surface area contributed by atoms with E-state index in [1.165, 1.54) is 22.3 Å². The molecule has 0 aliphatic rings. The molecule has 32 heavy (non-hydrogen) atoms. The Morgan fingerprint density at radius 2 is 1.78 bits per heavy atom. The van der Waals surface area contributed by atoms with Gasteiger partial charge in [-0.1, -0.05) is 50.7 Å². The molecular weight excluding hydrogens is 446 g/mol. The average Bonchev–Trinajstić information content (AvgIpc) is 2.78. The number of hydrogen-bond donors (Lipinski definition) is 2. The molecule has 11 heteroatoms. The highest BCUT2D eigenvalue weighted by atomic mass is 32.2. The van der Waals surface area contributed by atoms with Crippen LogP contribution in [0.5, 0.6) is 0 Å². The van der Waals surface area contributed by atoms with Crippen molar-refractivity contribution in [3.63, 3.8) is 0 Å². The van der Waals surface area contributed by atoms with Gasteiger partial charge in [0.2, 0.25) is 21.9 Å². The summed E-state index contributed by atoms with van der Waals surface area (Å²) in [5, 5.41) is 3.87. The van der Waals surface area contributed by atoms with Crippen molar-refractivity contribution in [2.45, 2.75) is 42.9 Å². The van der Waals surface area contributed by atoms with Crippen molar-refractivity contribution < 1.29 is 8.42 Å². The summed E-state index contributed by atoms with van der Waals surface area (Å²) in [5.41, 5.74) is 7.94. The number of nitrogens with one attached hydrogen (secondary N) is 1. The number of hydrogen-bond acceptors (Lipinski definition) is 9. The van der Waals surface area contributed by atoms with E-state index in [0.29, 0.717) is 35.6 Å². The van der Waals surface area contributed by atoms with E-state index in [1.54, 1.807) is 12.1 Å². The van der Waals surface area contributed by atoms with Gasteiger partial charge in [-0.3, -0.25) is 0 Å². The summed E-state index contributed by atoms with van der Waals surface area (Å²) in [4.78, 5) is 17.3. The third-order valence-electron chi connectivity index (χ3n) is 4.75. The molecule has 2 aromatic heterocycles. The number of rotatable bonds is 10. The molecule has 2 heterocycles. The minimum Gasteiger partial charge on any atom is -0.368 e. The van der Waals surface area contributed by atoms with Crippen molar-refractivity contribution in [2.24, 2.45) is 0 Å². The van der Waals surface area contributed by atoms with E-state index in [-0.39, 0.29) is 10.8 Å². The lowest BCUT2D eigenvalue weighted by Crippen LogP contribution is -2.30. The van der Waals surface area contributed by atoms with E-state index >= 15 is 0 Å². The number of pyridine rings is 1. The molecule has 0 saturated carbocycles. The van der Waals surface area contributed by atoms with Gasteiger partial charge in [-0.2, -0.15) is 19.3 Å². The summed E-state index contributed by atoms with van der Waals surface area (Å²) in [5.74, 6) is 1.41. The molecular formula is C21H27N7O2S2. The molecule has 9 nitrogen and oxygen atoms in total. The van der Waals surface area contributed by atoms with Gasteiger partial charge >= 0.3 is 0 Å². The molecule has 0 aliphatic heterocycles. The Bertz CT molecular complexity index is 1150. The van der Waals surface area contributed by atoms with Crippen molar-refractivity contribution in [1.29, 1.82) is 0 Å². The van der Waals surface area contributed by atoms with Crippen LogP contribution in [0.2, 0.25) is 0 Å². The molecule has 0 radical (unpaired) electrons. The van der Waals surface area contributed by atoms with Crippen LogP contribution in [0.1, 0.15) is 32.2 Å². The zero-order valence-corrected chi connectivity index (χ0v) is 19.9. The molecule has 0 bridgehead atoms. The first-order chi connectivity index (χ1) is 15.4. The number of para-hydroxylation sites is 1. The lowest BCUT2D eigenvalue weighted by molar-refractivity contribution is 0.445.